The Morgan fingerprint density at radius 3 is 2.86 bits per heavy atom. The number of nitrogens with one attached hydrogen (secondary N) is 1. The summed E-state index contributed by atoms with van der Waals surface area (Å²) in [6, 6.07) is 11.3. The van der Waals surface area contributed by atoms with Crippen molar-refractivity contribution in [3.05, 3.63) is 63.9 Å². The van der Waals surface area contributed by atoms with E-state index in [4.69, 9.17) is 21.3 Å². The third kappa shape index (κ3) is 3.79. The van der Waals surface area contributed by atoms with Crippen LogP contribution < -0.4 is 10.1 Å². The van der Waals surface area contributed by atoms with Crippen LogP contribution in [0.15, 0.2) is 48.8 Å². The number of aromatic nitrogens is 3. The molecule has 0 radical (unpaired) electrons. The summed E-state index contributed by atoms with van der Waals surface area (Å²) in [5.74, 6) is 0.592. The first kappa shape index (κ1) is 18.9. The molecule has 2 aromatic heterocycles. The topological polar surface area (TPSA) is 95.1 Å². The van der Waals surface area contributed by atoms with Crippen LogP contribution in [0, 0.1) is 10.1 Å². The van der Waals surface area contributed by atoms with Gasteiger partial charge in [-0.1, -0.05) is 16.6 Å². The third-order valence-corrected chi connectivity index (χ3v) is 4.91. The molecule has 0 aliphatic carbocycles. The average molecular weight is 412 g/mol. The summed E-state index contributed by atoms with van der Waals surface area (Å²) in [6.07, 6.45) is 3.73. The van der Waals surface area contributed by atoms with E-state index >= 15 is 0 Å². The Balaban J connectivity index is 1.63. The molecule has 0 spiro atoms. The van der Waals surface area contributed by atoms with Gasteiger partial charge >= 0.3 is 5.95 Å². The Morgan fingerprint density at radius 1 is 1.21 bits per heavy atom. The van der Waals surface area contributed by atoms with Gasteiger partial charge in [0.05, 0.1) is 30.4 Å². The first-order chi connectivity index (χ1) is 14.1. The van der Waals surface area contributed by atoms with Crippen molar-refractivity contribution < 1.29 is 9.66 Å². The van der Waals surface area contributed by atoms with E-state index in [1.54, 1.807) is 13.3 Å². The summed E-state index contributed by atoms with van der Waals surface area (Å²) in [6.45, 7) is 1.10. The fourth-order valence-corrected chi connectivity index (χ4v) is 3.49. The van der Waals surface area contributed by atoms with Crippen LogP contribution in [0.25, 0.3) is 21.8 Å². The summed E-state index contributed by atoms with van der Waals surface area (Å²) >= 11 is 6.15. The number of ether oxygens (including phenoxy) is 1. The van der Waals surface area contributed by atoms with E-state index < -0.39 is 4.92 Å². The zero-order valence-corrected chi connectivity index (χ0v) is 16.4. The second kappa shape index (κ2) is 7.92. The number of nitrogens with zero attached hydrogens (tertiary/aromatic N) is 4. The van der Waals surface area contributed by atoms with E-state index in [2.05, 4.69) is 10.3 Å². The van der Waals surface area contributed by atoms with Crippen LogP contribution in [-0.2, 0) is 6.54 Å². The van der Waals surface area contributed by atoms with Gasteiger partial charge in [-0.25, -0.2) is 9.55 Å². The van der Waals surface area contributed by atoms with Crippen molar-refractivity contribution in [3.8, 4) is 5.75 Å². The largest absolute Gasteiger partial charge is 0.497 e. The van der Waals surface area contributed by atoms with Crippen molar-refractivity contribution in [3.63, 3.8) is 0 Å². The molecule has 2 heterocycles. The highest BCUT2D eigenvalue weighted by Crippen LogP contribution is 2.34. The van der Waals surface area contributed by atoms with Gasteiger partial charge in [0.25, 0.3) is 0 Å². The lowest BCUT2D eigenvalue weighted by Crippen LogP contribution is -2.09. The molecular formula is C20H18ClN5O3. The quantitative estimate of drug-likeness (QED) is 0.206. The van der Waals surface area contributed by atoms with Gasteiger partial charge in [0.1, 0.15) is 18.1 Å². The highest BCUT2D eigenvalue weighted by atomic mass is 35.5. The van der Waals surface area contributed by atoms with Crippen molar-refractivity contribution in [2.75, 3.05) is 19.0 Å². The van der Waals surface area contributed by atoms with Crippen molar-refractivity contribution >= 4 is 45.0 Å². The number of pyridine rings is 1. The molecule has 148 valence electrons. The van der Waals surface area contributed by atoms with Crippen LogP contribution in [0.4, 0.5) is 11.6 Å². The Bertz CT molecular complexity index is 1210. The first-order valence-electron chi connectivity index (χ1n) is 9.03. The molecule has 0 amide bonds. The maximum absolute atomic E-state index is 11.0. The van der Waals surface area contributed by atoms with Gasteiger partial charge in [0, 0.05) is 22.3 Å². The van der Waals surface area contributed by atoms with E-state index in [1.807, 2.05) is 36.4 Å². The smallest absolute Gasteiger partial charge is 0.434 e. The lowest BCUT2D eigenvalue weighted by molar-refractivity contribution is -0.396. The maximum atomic E-state index is 11.0. The van der Waals surface area contributed by atoms with Crippen LogP contribution in [0.3, 0.4) is 0 Å². The van der Waals surface area contributed by atoms with Gasteiger partial charge in [0.2, 0.25) is 0 Å². The minimum atomic E-state index is -0.479. The normalized spacial score (nSPS) is 11.1. The van der Waals surface area contributed by atoms with Crippen LogP contribution in [0.1, 0.15) is 6.42 Å². The Hall–Kier alpha value is -3.39. The fraction of sp³-hybridized carbons (Fsp3) is 0.200. The molecule has 0 aliphatic heterocycles. The fourth-order valence-electron chi connectivity index (χ4n) is 3.32. The number of anilines is 1. The molecule has 0 unspecified atom stereocenters. The number of hydrogen-bond donors (Lipinski definition) is 1. The van der Waals surface area contributed by atoms with Crippen molar-refractivity contribution in [2.45, 2.75) is 13.0 Å². The van der Waals surface area contributed by atoms with E-state index in [9.17, 15) is 10.1 Å². The predicted molar refractivity (Wildman–Crippen MR) is 113 cm³/mol. The Labute approximate surface area is 171 Å². The van der Waals surface area contributed by atoms with Crippen LogP contribution >= 0.6 is 11.6 Å². The monoisotopic (exact) mass is 411 g/mol. The minimum absolute atomic E-state index is 0.149. The number of nitro groups is 1. The summed E-state index contributed by atoms with van der Waals surface area (Å²) in [5, 5.41) is 17.0. The molecule has 0 aliphatic rings. The van der Waals surface area contributed by atoms with Crippen LogP contribution in [0.5, 0.6) is 5.75 Å². The number of benzene rings is 2. The molecule has 8 nitrogen and oxygen atoms in total. The van der Waals surface area contributed by atoms with Crippen molar-refractivity contribution in [1.82, 2.24) is 14.5 Å². The van der Waals surface area contributed by atoms with Gasteiger partial charge < -0.3 is 20.2 Å². The predicted octanol–water partition coefficient (Wildman–Crippen LogP) is 4.66. The summed E-state index contributed by atoms with van der Waals surface area (Å²) in [7, 11) is 1.63. The minimum Gasteiger partial charge on any atom is -0.497 e. The Kier molecular flexibility index (Phi) is 5.18. The second-order valence-electron chi connectivity index (χ2n) is 6.49. The molecule has 29 heavy (non-hydrogen) atoms. The molecule has 0 saturated carbocycles. The summed E-state index contributed by atoms with van der Waals surface area (Å²) in [5.41, 5.74) is 2.55. The van der Waals surface area contributed by atoms with Crippen LogP contribution in [-0.4, -0.2) is 33.1 Å². The van der Waals surface area contributed by atoms with E-state index in [0.29, 0.717) is 24.5 Å². The third-order valence-electron chi connectivity index (χ3n) is 4.68. The van der Waals surface area contributed by atoms with Gasteiger partial charge in [0.15, 0.2) is 0 Å². The highest BCUT2D eigenvalue weighted by Gasteiger charge is 2.14. The lowest BCUT2D eigenvalue weighted by atomic mass is 10.1. The number of hydrogen-bond acceptors (Lipinski definition) is 6. The zero-order chi connectivity index (χ0) is 20.4. The number of imidazole rings is 1. The van der Waals surface area contributed by atoms with Crippen molar-refractivity contribution in [1.29, 1.82) is 0 Å². The molecule has 4 rings (SSSR count). The Morgan fingerprint density at radius 2 is 2.07 bits per heavy atom. The van der Waals surface area contributed by atoms with E-state index in [-0.39, 0.29) is 5.95 Å². The van der Waals surface area contributed by atoms with Gasteiger partial charge in [-0.15, -0.1) is 0 Å². The van der Waals surface area contributed by atoms with Gasteiger partial charge in [-0.05, 0) is 47.7 Å². The number of halogens is 1. The number of aryl methyl sites for hydroxylation is 1. The molecule has 0 saturated heterocycles. The maximum Gasteiger partial charge on any atom is 0.434 e. The SMILES string of the molecule is COc1ccc2nc3cc(Cl)ccc3c(NCCCn3ccnc3[N+](=O)[O-])c2c1. The molecule has 4 aromatic rings. The molecule has 1 N–H and O–H groups in total. The lowest BCUT2D eigenvalue weighted by Gasteiger charge is -2.14. The molecular weight excluding hydrogens is 394 g/mol. The molecule has 0 atom stereocenters. The molecule has 0 bridgehead atoms. The number of rotatable bonds is 7. The molecule has 2 aromatic carbocycles. The number of methoxy groups -OCH3 is 1. The summed E-state index contributed by atoms with van der Waals surface area (Å²) in [4.78, 5) is 19.0. The van der Waals surface area contributed by atoms with Crippen molar-refractivity contribution in [2.24, 2.45) is 0 Å². The first-order valence-corrected chi connectivity index (χ1v) is 9.41. The summed E-state index contributed by atoms with van der Waals surface area (Å²) < 4.78 is 6.90. The van der Waals surface area contributed by atoms with E-state index in [1.165, 1.54) is 10.8 Å². The van der Waals surface area contributed by atoms with Gasteiger partial charge in [-0.3, -0.25) is 0 Å². The van der Waals surface area contributed by atoms with Gasteiger partial charge in [-0.2, -0.15) is 0 Å². The van der Waals surface area contributed by atoms with E-state index in [0.717, 1.165) is 33.2 Å². The molecule has 0 fully saturated rings. The molecule has 9 heteroatoms. The second-order valence-corrected chi connectivity index (χ2v) is 6.93. The standard InChI is InChI=1S/C20H18ClN5O3/c1-29-14-4-6-17-16(12-14)19(15-5-3-13(21)11-18(15)24-17)22-7-2-9-25-10-8-23-20(25)26(27)28/h3-6,8,10-12H,2,7,9H2,1H3,(H,22,24). The highest BCUT2D eigenvalue weighted by molar-refractivity contribution is 6.31. The zero-order valence-electron chi connectivity index (χ0n) is 15.6. The van der Waals surface area contributed by atoms with Crippen LogP contribution in [0.2, 0.25) is 5.02 Å². The average Bonchev–Trinajstić information content (AvgIpc) is 3.18. The number of fused-ring (bicyclic) bond motifs is 2.